The summed E-state index contributed by atoms with van der Waals surface area (Å²) in [4.78, 5) is 0. The second-order valence-corrected chi connectivity index (χ2v) is 5.80. The van der Waals surface area contributed by atoms with E-state index in [1.807, 2.05) is 0 Å². The van der Waals surface area contributed by atoms with Gasteiger partial charge in [0, 0.05) is 0 Å². The number of sulfonamides is 1. The highest BCUT2D eigenvalue weighted by molar-refractivity contribution is 7.89. The van der Waals surface area contributed by atoms with E-state index in [1.54, 1.807) is 0 Å². The molecule has 1 aromatic rings. The van der Waals surface area contributed by atoms with Crippen molar-refractivity contribution in [2.75, 3.05) is 12.4 Å². The first-order valence-electron chi connectivity index (χ1n) is 5.59. The Hall–Kier alpha value is -1.35. The Balaban J connectivity index is 2.53. The maximum absolute atomic E-state index is 13.0. The van der Waals surface area contributed by atoms with E-state index in [4.69, 9.17) is 9.88 Å². The number of alkyl halides is 3. The van der Waals surface area contributed by atoms with E-state index in [0.717, 1.165) is 6.07 Å². The van der Waals surface area contributed by atoms with Crippen molar-refractivity contribution < 1.29 is 30.7 Å². The molecular weight excluding hydrogens is 302 g/mol. The Kier molecular flexibility index (Phi) is 5.35. The first-order valence-corrected chi connectivity index (χ1v) is 7.31. The molecule has 0 heterocycles. The first-order chi connectivity index (χ1) is 9.09. The molecule has 0 aliphatic carbocycles. The summed E-state index contributed by atoms with van der Waals surface area (Å²) < 4.78 is 76.5. The summed E-state index contributed by atoms with van der Waals surface area (Å²) in [6, 6.07) is 2.31. The number of hydrogen-bond donors (Lipinski definition) is 1. The number of ether oxygens (including phenoxy) is 1. The summed E-state index contributed by atoms with van der Waals surface area (Å²) >= 11 is 0. The van der Waals surface area contributed by atoms with Crippen molar-refractivity contribution in [2.45, 2.75) is 19.0 Å². The average Bonchev–Trinajstić information content (AvgIpc) is 2.27. The summed E-state index contributed by atoms with van der Waals surface area (Å²) in [7, 11) is -3.55. The van der Waals surface area contributed by atoms with Crippen molar-refractivity contribution in [2.24, 2.45) is 5.14 Å². The Labute approximate surface area is 113 Å². The maximum Gasteiger partial charge on any atom is 0.419 e. The molecule has 0 aliphatic rings. The summed E-state index contributed by atoms with van der Waals surface area (Å²) in [5.74, 6) is -1.73. The number of halogens is 4. The normalized spacial score (nSPS) is 12.4. The second-order valence-electron chi connectivity index (χ2n) is 4.06. The van der Waals surface area contributed by atoms with Gasteiger partial charge in [0.1, 0.15) is 11.6 Å². The summed E-state index contributed by atoms with van der Waals surface area (Å²) in [6.45, 7) is 0.0124. The fourth-order valence-electron chi connectivity index (χ4n) is 1.41. The van der Waals surface area contributed by atoms with Crippen LogP contribution in [-0.4, -0.2) is 20.8 Å². The molecule has 4 nitrogen and oxygen atoms in total. The quantitative estimate of drug-likeness (QED) is 0.647. The van der Waals surface area contributed by atoms with Gasteiger partial charge in [-0.2, -0.15) is 13.2 Å². The van der Waals surface area contributed by atoms with E-state index in [9.17, 15) is 26.0 Å². The van der Waals surface area contributed by atoms with Crippen molar-refractivity contribution in [3.63, 3.8) is 0 Å². The zero-order chi connectivity index (χ0) is 15.4. The minimum absolute atomic E-state index is 0.0124. The second kappa shape index (κ2) is 6.40. The van der Waals surface area contributed by atoms with Crippen LogP contribution in [0.1, 0.15) is 18.4 Å². The van der Waals surface area contributed by atoms with E-state index in [-0.39, 0.29) is 24.5 Å². The van der Waals surface area contributed by atoms with E-state index in [0.29, 0.717) is 18.6 Å². The molecular formula is C11H13F4NO3S. The third kappa shape index (κ3) is 5.74. The van der Waals surface area contributed by atoms with Gasteiger partial charge in [0.25, 0.3) is 0 Å². The molecule has 0 radical (unpaired) electrons. The van der Waals surface area contributed by atoms with E-state index >= 15 is 0 Å². The number of hydrogen-bond acceptors (Lipinski definition) is 3. The minimum Gasteiger partial charge on any atom is -0.494 e. The predicted molar refractivity (Wildman–Crippen MR) is 64.1 cm³/mol. The molecule has 114 valence electrons. The zero-order valence-corrected chi connectivity index (χ0v) is 11.1. The SMILES string of the molecule is NS(=O)(=O)CCCCOc1ccc(F)c(C(F)(F)F)c1. The lowest BCUT2D eigenvalue weighted by molar-refractivity contribution is -0.140. The van der Waals surface area contributed by atoms with Gasteiger partial charge >= 0.3 is 6.18 Å². The molecule has 0 aromatic heterocycles. The fraction of sp³-hybridized carbons (Fsp3) is 0.455. The van der Waals surface area contributed by atoms with Gasteiger partial charge in [0.05, 0.1) is 17.9 Å². The number of rotatable bonds is 6. The minimum atomic E-state index is -4.79. The van der Waals surface area contributed by atoms with Gasteiger partial charge in [0.2, 0.25) is 10.0 Å². The monoisotopic (exact) mass is 315 g/mol. The van der Waals surface area contributed by atoms with Crippen LogP contribution in [0.2, 0.25) is 0 Å². The van der Waals surface area contributed by atoms with Crippen LogP contribution >= 0.6 is 0 Å². The van der Waals surface area contributed by atoms with Crippen LogP contribution in [0.15, 0.2) is 18.2 Å². The lowest BCUT2D eigenvalue weighted by Crippen LogP contribution is -2.16. The van der Waals surface area contributed by atoms with Crippen LogP contribution in [0, 0.1) is 5.82 Å². The molecule has 2 N–H and O–H groups in total. The van der Waals surface area contributed by atoms with Crippen molar-refractivity contribution in [1.82, 2.24) is 0 Å². The number of unbranched alkanes of at least 4 members (excludes halogenated alkanes) is 1. The molecule has 0 bridgehead atoms. The van der Waals surface area contributed by atoms with Gasteiger partial charge in [-0.3, -0.25) is 0 Å². The average molecular weight is 315 g/mol. The third-order valence-corrected chi connectivity index (χ3v) is 3.19. The van der Waals surface area contributed by atoms with E-state index in [1.165, 1.54) is 0 Å². The summed E-state index contributed by atoms with van der Waals surface area (Å²) in [5.41, 5.74) is -1.40. The molecule has 0 amide bonds. The molecule has 0 saturated heterocycles. The van der Waals surface area contributed by atoms with Crippen LogP contribution < -0.4 is 9.88 Å². The third-order valence-electron chi connectivity index (χ3n) is 2.34. The van der Waals surface area contributed by atoms with E-state index in [2.05, 4.69) is 0 Å². The number of primary sulfonamides is 1. The molecule has 0 spiro atoms. The first kappa shape index (κ1) is 16.7. The number of benzene rings is 1. The van der Waals surface area contributed by atoms with Crippen molar-refractivity contribution in [3.8, 4) is 5.75 Å². The van der Waals surface area contributed by atoms with Crippen LogP contribution in [-0.2, 0) is 16.2 Å². The molecule has 9 heteroatoms. The molecule has 0 aliphatic heterocycles. The van der Waals surface area contributed by atoms with Crippen LogP contribution in [0.25, 0.3) is 0 Å². The highest BCUT2D eigenvalue weighted by Gasteiger charge is 2.34. The largest absolute Gasteiger partial charge is 0.494 e. The molecule has 1 aromatic carbocycles. The lowest BCUT2D eigenvalue weighted by atomic mass is 10.2. The van der Waals surface area contributed by atoms with Gasteiger partial charge in [-0.05, 0) is 31.0 Å². The Morgan fingerprint density at radius 1 is 1.20 bits per heavy atom. The van der Waals surface area contributed by atoms with Crippen molar-refractivity contribution in [1.29, 1.82) is 0 Å². The van der Waals surface area contributed by atoms with Crippen molar-refractivity contribution >= 4 is 10.0 Å². The Bertz CT molecular complexity index is 557. The smallest absolute Gasteiger partial charge is 0.419 e. The topological polar surface area (TPSA) is 69.4 Å². The highest BCUT2D eigenvalue weighted by Crippen LogP contribution is 2.33. The molecule has 0 atom stereocenters. The molecule has 1 rings (SSSR count). The van der Waals surface area contributed by atoms with Gasteiger partial charge in [0.15, 0.2) is 0 Å². The van der Waals surface area contributed by atoms with Crippen molar-refractivity contribution in [3.05, 3.63) is 29.6 Å². The zero-order valence-electron chi connectivity index (χ0n) is 10.3. The van der Waals surface area contributed by atoms with Gasteiger partial charge in [-0.25, -0.2) is 17.9 Å². The van der Waals surface area contributed by atoms with Crippen LogP contribution in [0.3, 0.4) is 0 Å². The standard InChI is InChI=1S/C11H13F4NO3S/c12-10-4-3-8(7-9(10)11(13,14)15)19-5-1-2-6-20(16,17)18/h3-4,7H,1-2,5-6H2,(H2,16,17,18). The lowest BCUT2D eigenvalue weighted by Gasteiger charge is -2.11. The maximum atomic E-state index is 13.0. The predicted octanol–water partition coefficient (Wildman–Crippen LogP) is 2.29. The van der Waals surface area contributed by atoms with Gasteiger partial charge in [-0.1, -0.05) is 0 Å². The summed E-state index contributed by atoms with van der Waals surface area (Å²) in [6.07, 6.45) is -4.27. The number of nitrogens with two attached hydrogens (primary N) is 1. The van der Waals surface area contributed by atoms with E-state index < -0.39 is 27.6 Å². The van der Waals surface area contributed by atoms with Crippen LogP contribution in [0.5, 0.6) is 5.75 Å². The molecule has 20 heavy (non-hydrogen) atoms. The Morgan fingerprint density at radius 2 is 1.85 bits per heavy atom. The molecule has 0 saturated carbocycles. The molecule has 0 unspecified atom stereocenters. The summed E-state index contributed by atoms with van der Waals surface area (Å²) in [5, 5.41) is 4.78. The van der Waals surface area contributed by atoms with Crippen LogP contribution in [0.4, 0.5) is 17.6 Å². The highest BCUT2D eigenvalue weighted by atomic mass is 32.2. The van der Waals surface area contributed by atoms with Gasteiger partial charge in [-0.15, -0.1) is 0 Å². The Morgan fingerprint density at radius 3 is 2.40 bits per heavy atom. The molecule has 0 fully saturated rings. The fourth-order valence-corrected chi connectivity index (χ4v) is 2.01. The van der Waals surface area contributed by atoms with Gasteiger partial charge < -0.3 is 4.74 Å².